The Morgan fingerprint density at radius 3 is 2.04 bits per heavy atom. The average Bonchev–Trinajstić information content (AvgIpc) is 3.73. The number of fused-ring (bicyclic) bond motifs is 11. The van der Waals surface area contributed by atoms with E-state index in [9.17, 15) is 0 Å². The van der Waals surface area contributed by atoms with E-state index in [1.54, 1.807) is 0 Å². The summed E-state index contributed by atoms with van der Waals surface area (Å²) >= 11 is 0. The third-order valence-electron chi connectivity index (χ3n) is 10.1. The van der Waals surface area contributed by atoms with Crippen LogP contribution in [0.25, 0.3) is 65.8 Å². The van der Waals surface area contributed by atoms with Crippen LogP contribution in [0.15, 0.2) is 148 Å². The lowest BCUT2D eigenvalue weighted by Crippen LogP contribution is -2.16. The van der Waals surface area contributed by atoms with Crippen molar-refractivity contribution in [3.8, 4) is 11.1 Å². The molecule has 2 heterocycles. The maximum atomic E-state index is 6.68. The van der Waals surface area contributed by atoms with Crippen molar-refractivity contribution in [1.29, 1.82) is 0 Å². The molecule has 0 unspecified atom stereocenters. The Bertz CT molecular complexity index is 2690. The topological polar surface area (TPSA) is 29.5 Å². The molecule has 0 fully saturated rings. The van der Waals surface area contributed by atoms with Crippen LogP contribution in [0.2, 0.25) is 0 Å². The van der Waals surface area contributed by atoms with E-state index in [0.29, 0.717) is 0 Å². The molecule has 3 heteroatoms. The number of hydrogen-bond acceptors (Lipinski definition) is 3. The largest absolute Gasteiger partial charge is 0.456 e. The second-order valence-electron chi connectivity index (χ2n) is 12.9. The highest BCUT2D eigenvalue weighted by Crippen LogP contribution is 2.55. The standard InChI is InChI=1S/C43H29NO2/c1-43(2)33-15-6-3-14-31(33)41-34(43)16-10-18-36(41)44(27-22-24-39-32(25-27)29-13-5-7-19-37(29)45-39)35-17-9-11-26-21-23-30-28-12-4-8-20-38(28)46-42(30)40(26)35/h3-25H,1-2H3. The van der Waals surface area contributed by atoms with E-state index in [2.05, 4.69) is 140 Å². The zero-order valence-electron chi connectivity index (χ0n) is 25.5. The lowest BCUT2D eigenvalue weighted by molar-refractivity contribution is 0.660. The summed E-state index contributed by atoms with van der Waals surface area (Å²) in [5.41, 5.74) is 12.0. The molecule has 0 aliphatic heterocycles. The van der Waals surface area contributed by atoms with Crippen molar-refractivity contribution in [3.63, 3.8) is 0 Å². The Morgan fingerprint density at radius 2 is 1.17 bits per heavy atom. The number of nitrogens with zero attached hydrogens (tertiary/aromatic N) is 1. The van der Waals surface area contributed by atoms with E-state index < -0.39 is 0 Å². The summed E-state index contributed by atoms with van der Waals surface area (Å²) in [6, 6.07) is 49.8. The molecular formula is C43H29NO2. The van der Waals surface area contributed by atoms with E-state index >= 15 is 0 Å². The van der Waals surface area contributed by atoms with Gasteiger partial charge < -0.3 is 13.7 Å². The number of hydrogen-bond donors (Lipinski definition) is 0. The minimum absolute atomic E-state index is 0.122. The van der Waals surface area contributed by atoms with Crippen molar-refractivity contribution < 1.29 is 8.83 Å². The fourth-order valence-electron chi connectivity index (χ4n) is 7.90. The normalized spacial score (nSPS) is 13.6. The van der Waals surface area contributed by atoms with Crippen molar-refractivity contribution in [2.45, 2.75) is 19.3 Å². The van der Waals surface area contributed by atoms with Gasteiger partial charge in [-0.2, -0.15) is 0 Å². The Hall–Kier alpha value is -5.80. The van der Waals surface area contributed by atoms with Crippen molar-refractivity contribution in [3.05, 3.63) is 151 Å². The minimum Gasteiger partial charge on any atom is -0.456 e. The minimum atomic E-state index is -0.122. The van der Waals surface area contributed by atoms with Crippen LogP contribution in [0.3, 0.4) is 0 Å². The lowest BCUT2D eigenvalue weighted by atomic mass is 9.82. The molecule has 0 spiro atoms. The highest BCUT2D eigenvalue weighted by Gasteiger charge is 2.38. The van der Waals surface area contributed by atoms with Crippen LogP contribution in [0.5, 0.6) is 0 Å². The zero-order chi connectivity index (χ0) is 30.6. The Balaban J connectivity index is 1.34. The molecule has 218 valence electrons. The molecule has 0 bridgehead atoms. The van der Waals surface area contributed by atoms with Gasteiger partial charge in [0.25, 0.3) is 0 Å². The quantitative estimate of drug-likeness (QED) is 0.205. The number of rotatable bonds is 3. The second kappa shape index (κ2) is 9.12. The summed E-state index contributed by atoms with van der Waals surface area (Å²) < 4.78 is 13.0. The first-order valence-corrected chi connectivity index (χ1v) is 15.9. The Morgan fingerprint density at radius 1 is 0.500 bits per heavy atom. The smallest absolute Gasteiger partial charge is 0.145 e. The van der Waals surface area contributed by atoms with E-state index in [0.717, 1.165) is 71.7 Å². The van der Waals surface area contributed by atoms with Crippen molar-refractivity contribution in [2.75, 3.05) is 4.90 Å². The molecule has 3 nitrogen and oxygen atoms in total. The van der Waals surface area contributed by atoms with Gasteiger partial charge in [-0.3, -0.25) is 0 Å². The Labute approximate surface area is 265 Å². The van der Waals surface area contributed by atoms with Crippen LogP contribution >= 0.6 is 0 Å². The molecule has 0 amide bonds. The molecule has 2 aromatic heterocycles. The third kappa shape index (κ3) is 3.37. The van der Waals surface area contributed by atoms with Gasteiger partial charge in [0.2, 0.25) is 0 Å². The SMILES string of the molecule is CC1(C)c2ccccc2-c2c(N(c3ccc4oc5ccccc5c4c3)c3cccc4ccc5c6ccccc6oc5c34)cccc21. The molecule has 7 aromatic carbocycles. The highest BCUT2D eigenvalue weighted by molar-refractivity contribution is 6.20. The maximum absolute atomic E-state index is 6.68. The molecule has 0 atom stereocenters. The van der Waals surface area contributed by atoms with Crippen molar-refractivity contribution >= 4 is 71.7 Å². The second-order valence-corrected chi connectivity index (χ2v) is 12.9. The number of benzene rings is 7. The summed E-state index contributed by atoms with van der Waals surface area (Å²) in [6.45, 7) is 4.68. The zero-order valence-corrected chi connectivity index (χ0v) is 25.5. The van der Waals surface area contributed by atoms with Crippen LogP contribution < -0.4 is 4.90 Å². The summed E-state index contributed by atoms with van der Waals surface area (Å²) in [7, 11) is 0. The van der Waals surface area contributed by atoms with Gasteiger partial charge >= 0.3 is 0 Å². The van der Waals surface area contributed by atoms with E-state index in [1.807, 2.05) is 18.2 Å². The molecule has 10 rings (SSSR count). The lowest BCUT2D eigenvalue weighted by Gasteiger charge is -2.30. The van der Waals surface area contributed by atoms with Gasteiger partial charge in [0, 0.05) is 43.6 Å². The van der Waals surface area contributed by atoms with Crippen LogP contribution in [-0.2, 0) is 5.41 Å². The highest BCUT2D eigenvalue weighted by atomic mass is 16.3. The fraction of sp³-hybridized carbons (Fsp3) is 0.0698. The van der Waals surface area contributed by atoms with Crippen LogP contribution in [0, 0.1) is 0 Å². The Kier molecular flexibility index (Phi) is 5.06. The van der Waals surface area contributed by atoms with E-state index in [-0.39, 0.29) is 5.41 Å². The van der Waals surface area contributed by atoms with Crippen LogP contribution in [-0.4, -0.2) is 0 Å². The van der Waals surface area contributed by atoms with Crippen molar-refractivity contribution in [1.82, 2.24) is 0 Å². The van der Waals surface area contributed by atoms with Gasteiger partial charge in [0.05, 0.1) is 11.4 Å². The summed E-state index contributed by atoms with van der Waals surface area (Å²) in [4.78, 5) is 2.44. The predicted octanol–water partition coefficient (Wildman–Crippen LogP) is 12.4. The van der Waals surface area contributed by atoms with Gasteiger partial charge in [-0.05, 0) is 70.6 Å². The number of anilines is 3. The molecule has 0 saturated heterocycles. The van der Waals surface area contributed by atoms with Gasteiger partial charge in [0.15, 0.2) is 0 Å². The monoisotopic (exact) mass is 591 g/mol. The molecule has 46 heavy (non-hydrogen) atoms. The van der Waals surface area contributed by atoms with Crippen molar-refractivity contribution in [2.24, 2.45) is 0 Å². The van der Waals surface area contributed by atoms with Gasteiger partial charge in [-0.25, -0.2) is 0 Å². The summed E-state index contributed by atoms with van der Waals surface area (Å²) in [5.74, 6) is 0. The van der Waals surface area contributed by atoms with Gasteiger partial charge in [-0.15, -0.1) is 0 Å². The fourth-order valence-corrected chi connectivity index (χ4v) is 7.90. The maximum Gasteiger partial charge on any atom is 0.145 e. The summed E-state index contributed by atoms with van der Waals surface area (Å²) in [5, 5.41) is 6.69. The first-order chi connectivity index (χ1) is 22.6. The van der Waals surface area contributed by atoms with Crippen LogP contribution in [0.4, 0.5) is 17.1 Å². The number of furan rings is 2. The molecule has 0 saturated carbocycles. The average molecular weight is 592 g/mol. The van der Waals surface area contributed by atoms with Gasteiger partial charge in [0.1, 0.15) is 22.3 Å². The van der Waals surface area contributed by atoms with Crippen LogP contribution in [0.1, 0.15) is 25.0 Å². The molecular weight excluding hydrogens is 562 g/mol. The van der Waals surface area contributed by atoms with E-state index in [1.165, 1.54) is 22.3 Å². The summed E-state index contributed by atoms with van der Waals surface area (Å²) in [6.07, 6.45) is 0. The number of para-hydroxylation sites is 2. The van der Waals surface area contributed by atoms with Gasteiger partial charge in [-0.1, -0.05) is 105 Å². The first-order valence-electron chi connectivity index (χ1n) is 15.9. The van der Waals surface area contributed by atoms with E-state index in [4.69, 9.17) is 8.83 Å². The first kappa shape index (κ1) is 25.5. The molecule has 0 N–H and O–H groups in total. The molecule has 0 radical (unpaired) electrons. The predicted molar refractivity (Wildman–Crippen MR) is 191 cm³/mol. The molecule has 1 aliphatic carbocycles. The third-order valence-corrected chi connectivity index (χ3v) is 10.1. The molecule has 1 aliphatic rings. The molecule has 9 aromatic rings.